The Bertz CT molecular complexity index is 542. The number of methoxy groups -OCH3 is 1. The number of benzene rings is 1. The van der Waals surface area contributed by atoms with Crippen LogP contribution >= 0.6 is 0 Å². The first-order valence-electron chi connectivity index (χ1n) is 6.23. The summed E-state index contributed by atoms with van der Waals surface area (Å²) in [6, 6.07) is 9.00. The van der Waals surface area contributed by atoms with Crippen LogP contribution in [0, 0.1) is 16.7 Å². The molecule has 0 aromatic heterocycles. The highest BCUT2D eigenvalue weighted by molar-refractivity contribution is 6.05. The lowest BCUT2D eigenvalue weighted by Crippen LogP contribution is -2.38. The number of esters is 1. The number of hydrogen-bond acceptors (Lipinski definition) is 4. The maximum atomic E-state index is 12.1. The number of ether oxygens (including phenoxy) is 1. The molecule has 1 fully saturated rings. The number of carbonyl (C=O) groups is 2. The van der Waals surface area contributed by atoms with Crippen LogP contribution in [-0.2, 0) is 20.7 Å². The van der Waals surface area contributed by atoms with Crippen molar-refractivity contribution in [1.82, 2.24) is 0 Å². The van der Waals surface area contributed by atoms with Gasteiger partial charge < -0.3 is 4.74 Å². The minimum absolute atomic E-state index is 0.0382. The Labute approximate surface area is 112 Å². The zero-order valence-corrected chi connectivity index (χ0v) is 10.8. The molecule has 1 unspecified atom stereocenters. The van der Waals surface area contributed by atoms with E-state index in [0.29, 0.717) is 24.8 Å². The highest BCUT2D eigenvalue weighted by Crippen LogP contribution is 2.39. The molecule has 4 nitrogen and oxygen atoms in total. The third-order valence-corrected chi connectivity index (χ3v) is 3.71. The number of nitrogens with zero attached hydrogens (tertiary/aromatic N) is 1. The summed E-state index contributed by atoms with van der Waals surface area (Å²) in [5.74, 6) is -0.483. The fraction of sp³-hybridized carbons (Fsp3) is 0.400. The molecule has 1 aromatic rings. The molecule has 0 amide bonds. The van der Waals surface area contributed by atoms with Crippen molar-refractivity contribution in [3.05, 3.63) is 35.4 Å². The Kier molecular flexibility index (Phi) is 3.66. The van der Waals surface area contributed by atoms with Crippen molar-refractivity contribution < 1.29 is 14.3 Å². The summed E-state index contributed by atoms with van der Waals surface area (Å²) < 4.78 is 4.81. The molecule has 2 rings (SSSR count). The Balaban J connectivity index is 2.28. The molecule has 0 radical (unpaired) electrons. The molecular weight excluding hydrogens is 242 g/mol. The van der Waals surface area contributed by atoms with Gasteiger partial charge in [0.15, 0.2) is 5.78 Å². The zero-order chi connectivity index (χ0) is 13.9. The first-order valence-corrected chi connectivity index (χ1v) is 6.23. The van der Waals surface area contributed by atoms with Crippen LogP contribution in [0.4, 0.5) is 0 Å². The van der Waals surface area contributed by atoms with Gasteiger partial charge in [-0.2, -0.15) is 5.26 Å². The Hall–Kier alpha value is -2.15. The molecule has 19 heavy (non-hydrogen) atoms. The molecule has 0 bridgehead atoms. The van der Waals surface area contributed by atoms with E-state index in [9.17, 15) is 9.59 Å². The minimum Gasteiger partial charge on any atom is -0.468 e. The average molecular weight is 257 g/mol. The van der Waals surface area contributed by atoms with Crippen LogP contribution in [0.3, 0.4) is 0 Å². The van der Waals surface area contributed by atoms with Crippen LogP contribution in [0.25, 0.3) is 0 Å². The molecule has 1 aliphatic rings. The molecule has 1 saturated carbocycles. The van der Waals surface area contributed by atoms with E-state index in [1.807, 2.05) is 6.07 Å². The normalized spacial score (nSPS) is 22.0. The van der Waals surface area contributed by atoms with E-state index >= 15 is 0 Å². The van der Waals surface area contributed by atoms with Gasteiger partial charge in [-0.05, 0) is 37.0 Å². The second kappa shape index (κ2) is 5.23. The van der Waals surface area contributed by atoms with Gasteiger partial charge in [-0.25, -0.2) is 0 Å². The summed E-state index contributed by atoms with van der Waals surface area (Å²) >= 11 is 0. The van der Waals surface area contributed by atoms with Crippen LogP contribution in [0.5, 0.6) is 0 Å². The second-order valence-corrected chi connectivity index (χ2v) is 4.84. The summed E-state index contributed by atoms with van der Waals surface area (Å²) in [6.07, 6.45) is 2.05. The van der Waals surface area contributed by atoms with E-state index in [1.54, 1.807) is 24.3 Å². The molecule has 0 saturated heterocycles. The van der Waals surface area contributed by atoms with Crippen LogP contribution < -0.4 is 0 Å². The molecule has 1 aliphatic carbocycles. The van der Waals surface area contributed by atoms with Crippen LogP contribution in [-0.4, -0.2) is 18.9 Å². The third kappa shape index (κ3) is 2.37. The largest absolute Gasteiger partial charge is 0.468 e. The smallest absolute Gasteiger partial charge is 0.319 e. The van der Waals surface area contributed by atoms with Gasteiger partial charge in [0, 0.05) is 6.42 Å². The summed E-state index contributed by atoms with van der Waals surface area (Å²) in [5, 5.41) is 8.75. The van der Waals surface area contributed by atoms with Gasteiger partial charge in [-0.15, -0.1) is 0 Å². The molecule has 1 atom stereocenters. The van der Waals surface area contributed by atoms with E-state index in [2.05, 4.69) is 0 Å². The lowest BCUT2D eigenvalue weighted by Gasteiger charge is -2.24. The van der Waals surface area contributed by atoms with Gasteiger partial charge in [-0.1, -0.05) is 12.1 Å². The maximum absolute atomic E-state index is 12.1. The van der Waals surface area contributed by atoms with E-state index in [-0.39, 0.29) is 5.78 Å². The van der Waals surface area contributed by atoms with Crippen molar-refractivity contribution in [1.29, 1.82) is 5.26 Å². The van der Waals surface area contributed by atoms with E-state index in [4.69, 9.17) is 10.00 Å². The fourth-order valence-corrected chi connectivity index (χ4v) is 2.65. The second-order valence-electron chi connectivity index (χ2n) is 4.84. The number of hydrogen-bond donors (Lipinski definition) is 0. The Morgan fingerprint density at radius 1 is 1.42 bits per heavy atom. The van der Waals surface area contributed by atoms with Crippen molar-refractivity contribution >= 4 is 11.8 Å². The molecule has 0 spiro atoms. The third-order valence-electron chi connectivity index (χ3n) is 3.71. The van der Waals surface area contributed by atoms with Crippen molar-refractivity contribution in [2.45, 2.75) is 25.7 Å². The van der Waals surface area contributed by atoms with Crippen molar-refractivity contribution in [3.8, 4) is 6.07 Å². The summed E-state index contributed by atoms with van der Waals surface area (Å²) in [7, 11) is 1.31. The SMILES string of the molecule is COC(=O)C1(Cc2ccc(C#N)cc2)CCCC1=O. The summed E-state index contributed by atoms with van der Waals surface area (Å²) in [6.45, 7) is 0. The van der Waals surface area contributed by atoms with Crippen LogP contribution in [0.2, 0.25) is 0 Å². The number of carbonyl (C=O) groups excluding carboxylic acids is 2. The van der Waals surface area contributed by atoms with Gasteiger partial charge in [0.1, 0.15) is 5.41 Å². The van der Waals surface area contributed by atoms with Crippen LogP contribution in [0.15, 0.2) is 24.3 Å². The lowest BCUT2D eigenvalue weighted by atomic mass is 9.79. The summed E-state index contributed by atoms with van der Waals surface area (Å²) in [5.41, 5.74) is 0.413. The monoisotopic (exact) mass is 257 g/mol. The number of nitriles is 1. The molecule has 98 valence electrons. The van der Waals surface area contributed by atoms with Crippen molar-refractivity contribution in [3.63, 3.8) is 0 Å². The highest BCUT2D eigenvalue weighted by Gasteiger charge is 2.49. The number of ketones is 1. The van der Waals surface area contributed by atoms with Gasteiger partial charge in [0.25, 0.3) is 0 Å². The topological polar surface area (TPSA) is 67.2 Å². The highest BCUT2D eigenvalue weighted by atomic mass is 16.5. The lowest BCUT2D eigenvalue weighted by molar-refractivity contribution is -0.156. The summed E-state index contributed by atoms with van der Waals surface area (Å²) in [4.78, 5) is 24.0. The van der Waals surface area contributed by atoms with E-state index < -0.39 is 11.4 Å². The van der Waals surface area contributed by atoms with E-state index in [1.165, 1.54) is 7.11 Å². The zero-order valence-electron chi connectivity index (χ0n) is 10.8. The molecular formula is C15H15NO3. The predicted molar refractivity (Wildman–Crippen MR) is 68.2 cm³/mol. The molecule has 0 N–H and O–H groups in total. The fourth-order valence-electron chi connectivity index (χ4n) is 2.65. The molecule has 1 aromatic carbocycles. The quantitative estimate of drug-likeness (QED) is 0.613. The standard InChI is InChI=1S/C15H15NO3/c1-19-14(18)15(8-2-3-13(15)17)9-11-4-6-12(10-16)7-5-11/h4-7H,2-3,8-9H2,1H3. The van der Waals surface area contributed by atoms with Crippen LogP contribution in [0.1, 0.15) is 30.4 Å². The average Bonchev–Trinajstić information content (AvgIpc) is 2.81. The first kappa shape index (κ1) is 13.3. The Morgan fingerprint density at radius 3 is 2.58 bits per heavy atom. The van der Waals surface area contributed by atoms with Gasteiger partial charge in [0.2, 0.25) is 0 Å². The molecule has 4 heteroatoms. The first-order chi connectivity index (χ1) is 9.12. The van der Waals surface area contributed by atoms with Crippen molar-refractivity contribution in [2.24, 2.45) is 5.41 Å². The minimum atomic E-state index is -1.02. The van der Waals surface area contributed by atoms with Gasteiger partial charge in [-0.3, -0.25) is 9.59 Å². The number of Topliss-reactive ketones (excluding diaryl/α,β-unsaturated/α-hetero) is 1. The van der Waals surface area contributed by atoms with E-state index in [0.717, 1.165) is 12.0 Å². The maximum Gasteiger partial charge on any atom is 0.319 e. The van der Waals surface area contributed by atoms with Gasteiger partial charge >= 0.3 is 5.97 Å². The Morgan fingerprint density at radius 2 is 2.11 bits per heavy atom. The van der Waals surface area contributed by atoms with Gasteiger partial charge in [0.05, 0.1) is 18.7 Å². The van der Waals surface area contributed by atoms with Crippen molar-refractivity contribution in [2.75, 3.05) is 7.11 Å². The predicted octanol–water partition coefficient (Wildman–Crippen LogP) is 2.01. The molecule has 0 aliphatic heterocycles. The molecule has 0 heterocycles. The number of rotatable bonds is 3.